The fraction of sp³-hybridized carbons (Fsp3) is 0.455. The van der Waals surface area contributed by atoms with Gasteiger partial charge in [0, 0.05) is 42.3 Å². The van der Waals surface area contributed by atoms with Crippen LogP contribution < -0.4 is 4.72 Å². The highest BCUT2D eigenvalue weighted by Gasteiger charge is 2.34. The van der Waals surface area contributed by atoms with Gasteiger partial charge < -0.3 is 4.84 Å². The smallest absolute Gasteiger partial charge is 0.208 e. The molecule has 1 aliphatic heterocycles. The van der Waals surface area contributed by atoms with Crippen molar-refractivity contribution in [3.63, 3.8) is 0 Å². The Morgan fingerprint density at radius 2 is 1.72 bits per heavy atom. The van der Waals surface area contributed by atoms with Gasteiger partial charge in [0.25, 0.3) is 0 Å². The van der Waals surface area contributed by atoms with Gasteiger partial charge in [-0.25, -0.2) is 26.3 Å². The van der Waals surface area contributed by atoms with Gasteiger partial charge >= 0.3 is 0 Å². The van der Waals surface area contributed by atoms with E-state index in [9.17, 15) is 21.6 Å². The van der Waals surface area contributed by atoms with Crippen LogP contribution in [0, 0.1) is 30.3 Å². The van der Waals surface area contributed by atoms with E-state index in [1.807, 2.05) is 0 Å². The van der Waals surface area contributed by atoms with Gasteiger partial charge in [0.2, 0.25) is 10.0 Å². The molecule has 0 bridgehead atoms. The number of hydrogen-bond donors (Lipinski definition) is 1. The second kappa shape index (κ2) is 8.82. The molecule has 0 amide bonds. The van der Waals surface area contributed by atoms with E-state index in [1.165, 1.54) is 0 Å². The maximum atomic E-state index is 14.5. The molecule has 2 heterocycles. The predicted molar refractivity (Wildman–Crippen MR) is 114 cm³/mol. The summed E-state index contributed by atoms with van der Waals surface area (Å²) >= 11 is 0. The second-order valence-electron chi connectivity index (χ2n) is 8.51. The Morgan fingerprint density at radius 1 is 1.06 bits per heavy atom. The van der Waals surface area contributed by atoms with Gasteiger partial charge in [-0.1, -0.05) is 5.16 Å². The average Bonchev–Trinajstić information content (AvgIpc) is 3.16. The summed E-state index contributed by atoms with van der Waals surface area (Å²) < 4.78 is 67.9. The largest absolute Gasteiger partial charge is 0.386 e. The minimum Gasteiger partial charge on any atom is -0.386 e. The number of sulfonamides is 1. The molecule has 10 heteroatoms. The maximum Gasteiger partial charge on any atom is 0.208 e. The second-order valence-corrected chi connectivity index (χ2v) is 10.3. The number of aromatic nitrogens is 1. The number of nitrogens with zero attached hydrogens (tertiary/aromatic N) is 2. The molecule has 1 atom stereocenters. The van der Waals surface area contributed by atoms with Crippen molar-refractivity contribution in [2.45, 2.75) is 51.2 Å². The summed E-state index contributed by atoms with van der Waals surface area (Å²) in [4.78, 5) is 9.98. The highest BCUT2D eigenvalue weighted by atomic mass is 32.2. The molecule has 1 aromatic heterocycles. The number of rotatable bonds is 5. The van der Waals surface area contributed by atoms with E-state index in [2.05, 4.69) is 14.9 Å². The molecule has 1 aromatic carbocycles. The summed E-state index contributed by atoms with van der Waals surface area (Å²) in [6.45, 7) is 1.75. The first-order chi connectivity index (χ1) is 15.1. The number of pyridine rings is 1. The third-order valence-electron chi connectivity index (χ3n) is 5.91. The Kier molecular flexibility index (Phi) is 6.26. The molecule has 1 fully saturated rings. The quantitative estimate of drug-likeness (QED) is 0.707. The topological polar surface area (TPSA) is 80.7 Å². The summed E-state index contributed by atoms with van der Waals surface area (Å²) in [6.07, 6.45) is 5.45. The molecule has 1 aliphatic carbocycles. The van der Waals surface area contributed by atoms with Crippen LogP contribution in [0.25, 0.3) is 11.1 Å². The van der Waals surface area contributed by atoms with Crippen molar-refractivity contribution in [3.8, 4) is 11.1 Å². The number of aryl methyl sites for hydroxylation is 1. The number of halogens is 3. The van der Waals surface area contributed by atoms with Crippen molar-refractivity contribution < 1.29 is 26.4 Å². The van der Waals surface area contributed by atoms with Gasteiger partial charge in [0.15, 0.2) is 6.10 Å². The van der Waals surface area contributed by atoms with Crippen LogP contribution in [0.15, 0.2) is 29.6 Å². The zero-order chi connectivity index (χ0) is 23.0. The van der Waals surface area contributed by atoms with Crippen LogP contribution in [-0.2, 0) is 14.9 Å². The van der Waals surface area contributed by atoms with E-state index in [-0.39, 0.29) is 23.1 Å². The molecule has 0 spiro atoms. The van der Waals surface area contributed by atoms with Crippen molar-refractivity contribution in [2.75, 3.05) is 6.26 Å². The fourth-order valence-corrected chi connectivity index (χ4v) is 5.31. The Balaban J connectivity index is 1.52. The van der Waals surface area contributed by atoms with E-state index in [4.69, 9.17) is 4.84 Å². The first-order valence-corrected chi connectivity index (χ1v) is 12.3. The number of nitrogens with one attached hydrogen (secondary N) is 1. The van der Waals surface area contributed by atoms with E-state index in [0.29, 0.717) is 42.7 Å². The first kappa shape index (κ1) is 22.7. The lowest BCUT2D eigenvalue weighted by Gasteiger charge is -2.28. The van der Waals surface area contributed by atoms with Crippen molar-refractivity contribution in [3.05, 3.63) is 53.1 Å². The van der Waals surface area contributed by atoms with E-state index in [0.717, 1.165) is 24.8 Å². The third-order valence-corrected chi connectivity index (χ3v) is 6.67. The lowest BCUT2D eigenvalue weighted by atomic mass is 9.81. The molecule has 1 saturated carbocycles. The molecule has 2 aromatic rings. The van der Waals surface area contributed by atoms with Crippen LogP contribution in [0.2, 0.25) is 0 Å². The molecule has 6 nitrogen and oxygen atoms in total. The number of oxime groups is 1. The van der Waals surface area contributed by atoms with E-state index >= 15 is 0 Å². The van der Waals surface area contributed by atoms with Gasteiger partial charge in [0.05, 0.1) is 23.2 Å². The van der Waals surface area contributed by atoms with Crippen molar-refractivity contribution in [2.24, 2.45) is 11.1 Å². The fourth-order valence-electron chi connectivity index (χ4n) is 4.47. The lowest BCUT2D eigenvalue weighted by Crippen LogP contribution is -2.38. The maximum absolute atomic E-state index is 14.5. The molecule has 0 radical (unpaired) electrons. The summed E-state index contributed by atoms with van der Waals surface area (Å²) in [5.74, 6) is -2.86. The minimum atomic E-state index is -3.25. The van der Waals surface area contributed by atoms with Crippen molar-refractivity contribution >= 4 is 15.7 Å². The Labute approximate surface area is 184 Å². The van der Waals surface area contributed by atoms with Gasteiger partial charge in [-0.05, 0) is 44.2 Å². The highest BCUT2D eigenvalue weighted by Crippen LogP contribution is 2.39. The molecular formula is C22H24F3N3O3S. The van der Waals surface area contributed by atoms with E-state index in [1.54, 1.807) is 19.2 Å². The molecular weight excluding hydrogens is 443 g/mol. The van der Waals surface area contributed by atoms with Crippen LogP contribution in [0.3, 0.4) is 0 Å². The lowest BCUT2D eigenvalue weighted by molar-refractivity contribution is 0.0829. The summed E-state index contributed by atoms with van der Waals surface area (Å²) in [7, 11) is -3.25. The molecule has 172 valence electrons. The molecule has 4 rings (SSSR count). The van der Waals surface area contributed by atoms with Crippen LogP contribution in [-0.4, -0.2) is 31.4 Å². The van der Waals surface area contributed by atoms with Crippen LogP contribution in [0.1, 0.15) is 49.5 Å². The zero-order valence-corrected chi connectivity index (χ0v) is 18.6. The SMILES string of the molecule is Cc1cnc(C2CC([C@H]3CC[C@@H](NS(C)(=O)=O)CC3)=NO2)c(-c2c(F)cc(F)cc2F)c1. The van der Waals surface area contributed by atoms with Gasteiger partial charge in [-0.2, -0.15) is 0 Å². The minimum absolute atomic E-state index is 0.0882. The molecule has 32 heavy (non-hydrogen) atoms. The standard InChI is InChI=1S/C22H24F3N3O3S/c1-12-7-16(21-17(24)8-14(23)9-18(21)25)22(26-11-12)20-10-19(27-31-20)13-3-5-15(6-4-13)28-32(2,29)30/h7-9,11,13,15,20,28H,3-6,10H2,1-2H3/t13-,15+,20?. The summed E-state index contributed by atoms with van der Waals surface area (Å²) in [6, 6.07) is 2.80. The van der Waals surface area contributed by atoms with Crippen molar-refractivity contribution in [1.29, 1.82) is 0 Å². The number of benzene rings is 1. The average molecular weight is 468 g/mol. The summed E-state index contributed by atoms with van der Waals surface area (Å²) in [5, 5.41) is 4.22. The van der Waals surface area contributed by atoms with Gasteiger partial charge in [-0.15, -0.1) is 0 Å². The van der Waals surface area contributed by atoms with Crippen LogP contribution in [0.4, 0.5) is 13.2 Å². The van der Waals surface area contributed by atoms with Crippen LogP contribution in [0.5, 0.6) is 0 Å². The van der Waals surface area contributed by atoms with Gasteiger partial charge in [-0.3, -0.25) is 4.98 Å². The molecule has 1 unspecified atom stereocenters. The Morgan fingerprint density at radius 3 is 2.34 bits per heavy atom. The van der Waals surface area contributed by atoms with Gasteiger partial charge in [0.1, 0.15) is 17.5 Å². The molecule has 2 aliphatic rings. The number of hydrogen-bond acceptors (Lipinski definition) is 5. The zero-order valence-electron chi connectivity index (χ0n) is 17.7. The highest BCUT2D eigenvalue weighted by molar-refractivity contribution is 7.88. The molecule has 1 N–H and O–H groups in total. The van der Waals surface area contributed by atoms with Crippen molar-refractivity contribution in [1.82, 2.24) is 9.71 Å². The van der Waals surface area contributed by atoms with Crippen LogP contribution >= 0.6 is 0 Å². The van der Waals surface area contributed by atoms with E-state index < -0.39 is 33.6 Å². The normalized spacial score (nSPS) is 23.7. The monoisotopic (exact) mass is 467 g/mol. The third kappa shape index (κ3) is 4.96. The predicted octanol–water partition coefficient (Wildman–Crippen LogP) is 4.40. The summed E-state index contributed by atoms with van der Waals surface area (Å²) in [5.41, 5.74) is 1.74. The Hall–Kier alpha value is -2.46. The first-order valence-electron chi connectivity index (χ1n) is 10.4. The Bertz CT molecular complexity index is 1140. The molecule has 0 saturated heterocycles.